The van der Waals surface area contributed by atoms with Crippen molar-refractivity contribution in [1.82, 2.24) is 0 Å². The number of nitrogens with two attached hydrogens (primary N) is 1. The molecule has 1 aliphatic carbocycles. The van der Waals surface area contributed by atoms with Crippen molar-refractivity contribution in [3.05, 3.63) is 0 Å². The van der Waals surface area contributed by atoms with Crippen molar-refractivity contribution in [2.45, 2.75) is 80.2 Å². The third kappa shape index (κ3) is 3.73. The molecule has 0 heterocycles. The van der Waals surface area contributed by atoms with Crippen LogP contribution in [0.1, 0.15) is 74.1 Å². The Hall–Kier alpha value is -0.0400. The third-order valence-corrected chi connectivity index (χ3v) is 5.84. The first-order chi connectivity index (χ1) is 8.06. The quantitative estimate of drug-likeness (QED) is 0.761. The Bertz CT molecular complexity index is 265. The zero-order chi connectivity index (χ0) is 14.1. The molecule has 0 amide bonds. The Morgan fingerprint density at radius 3 is 2.11 bits per heavy atom. The van der Waals surface area contributed by atoms with Gasteiger partial charge in [0.1, 0.15) is 0 Å². The van der Waals surface area contributed by atoms with Crippen LogP contribution in [0, 0.1) is 28.6 Å². The summed E-state index contributed by atoms with van der Waals surface area (Å²) < 4.78 is 0. The molecule has 3 atom stereocenters. The van der Waals surface area contributed by atoms with E-state index < -0.39 is 0 Å². The van der Waals surface area contributed by atoms with Crippen LogP contribution in [0.2, 0.25) is 0 Å². The van der Waals surface area contributed by atoms with Crippen LogP contribution in [-0.4, -0.2) is 6.04 Å². The molecule has 1 rings (SSSR count). The van der Waals surface area contributed by atoms with Crippen molar-refractivity contribution < 1.29 is 0 Å². The van der Waals surface area contributed by atoms with Crippen molar-refractivity contribution in [2.75, 3.05) is 0 Å². The molecule has 0 aliphatic heterocycles. The first-order valence-electron chi connectivity index (χ1n) is 7.82. The van der Waals surface area contributed by atoms with Crippen LogP contribution in [0.15, 0.2) is 0 Å². The lowest BCUT2D eigenvalue weighted by atomic mass is 9.60. The Balaban J connectivity index is 2.69. The van der Waals surface area contributed by atoms with Gasteiger partial charge in [0.05, 0.1) is 0 Å². The van der Waals surface area contributed by atoms with Crippen LogP contribution in [0.5, 0.6) is 0 Å². The van der Waals surface area contributed by atoms with Crippen molar-refractivity contribution in [1.29, 1.82) is 0 Å². The lowest BCUT2D eigenvalue weighted by Gasteiger charge is -2.46. The molecule has 0 aromatic heterocycles. The zero-order valence-corrected chi connectivity index (χ0v) is 13.7. The molecule has 108 valence electrons. The number of rotatable bonds is 4. The Morgan fingerprint density at radius 2 is 1.67 bits per heavy atom. The summed E-state index contributed by atoms with van der Waals surface area (Å²) in [5.74, 6) is 2.27. The molecule has 0 aromatic carbocycles. The number of hydrogen-bond donors (Lipinski definition) is 1. The van der Waals surface area contributed by atoms with E-state index in [1.165, 1.54) is 25.7 Å². The minimum absolute atomic E-state index is 0.421. The minimum atomic E-state index is 0.421. The molecule has 0 saturated heterocycles. The van der Waals surface area contributed by atoms with Gasteiger partial charge in [-0.15, -0.1) is 0 Å². The van der Waals surface area contributed by atoms with Crippen molar-refractivity contribution >= 4 is 0 Å². The lowest BCUT2D eigenvalue weighted by Crippen LogP contribution is -2.42. The van der Waals surface area contributed by atoms with Gasteiger partial charge in [-0.1, -0.05) is 48.5 Å². The van der Waals surface area contributed by atoms with Gasteiger partial charge in [-0.2, -0.15) is 0 Å². The average molecular weight is 253 g/mol. The second-order valence-corrected chi connectivity index (χ2v) is 8.46. The molecule has 1 nitrogen and oxygen atoms in total. The van der Waals surface area contributed by atoms with Gasteiger partial charge in [-0.3, -0.25) is 0 Å². The monoisotopic (exact) mass is 253 g/mol. The molecule has 2 N–H and O–H groups in total. The Labute approximate surface area is 115 Å². The summed E-state index contributed by atoms with van der Waals surface area (Å²) in [4.78, 5) is 0. The zero-order valence-electron chi connectivity index (χ0n) is 13.7. The molecule has 3 unspecified atom stereocenters. The van der Waals surface area contributed by atoms with Gasteiger partial charge in [-0.25, -0.2) is 0 Å². The fraction of sp³-hybridized carbons (Fsp3) is 1.00. The van der Waals surface area contributed by atoms with Crippen LogP contribution in [0.25, 0.3) is 0 Å². The molecule has 18 heavy (non-hydrogen) atoms. The lowest BCUT2D eigenvalue weighted by molar-refractivity contribution is 0.0539. The van der Waals surface area contributed by atoms with E-state index in [0.717, 1.165) is 17.8 Å². The smallest absolute Gasteiger partial charge is 0.00673 e. The second kappa shape index (κ2) is 5.53. The summed E-state index contributed by atoms with van der Waals surface area (Å²) in [5, 5.41) is 0. The standard InChI is InChI=1S/C17H35N/c1-12(2)16(4,5)11-17(6,7)14-9-8-13(3)15(18)10-14/h12-15H,8-11,18H2,1-7H3. The number of hydrogen-bond acceptors (Lipinski definition) is 1. The van der Waals surface area contributed by atoms with E-state index >= 15 is 0 Å². The second-order valence-electron chi connectivity index (χ2n) is 8.46. The normalized spacial score (nSPS) is 30.8. The minimum Gasteiger partial charge on any atom is -0.327 e. The van der Waals surface area contributed by atoms with Crippen LogP contribution in [0.3, 0.4) is 0 Å². The molecule has 1 heteroatoms. The molecule has 1 aliphatic rings. The average Bonchev–Trinajstić information content (AvgIpc) is 2.20. The fourth-order valence-electron chi connectivity index (χ4n) is 3.59. The van der Waals surface area contributed by atoms with E-state index in [-0.39, 0.29) is 0 Å². The van der Waals surface area contributed by atoms with Gasteiger partial charge < -0.3 is 5.73 Å². The maximum atomic E-state index is 6.29. The predicted molar refractivity (Wildman–Crippen MR) is 81.5 cm³/mol. The molecular formula is C17H35N. The van der Waals surface area contributed by atoms with E-state index in [9.17, 15) is 0 Å². The molecule has 0 aromatic rings. The Kier molecular flexibility index (Phi) is 4.92. The summed E-state index contributed by atoms with van der Waals surface area (Å²) >= 11 is 0. The highest BCUT2D eigenvalue weighted by Crippen LogP contribution is 2.47. The fourth-order valence-corrected chi connectivity index (χ4v) is 3.59. The highest BCUT2D eigenvalue weighted by molar-refractivity contribution is 4.91. The van der Waals surface area contributed by atoms with Gasteiger partial charge >= 0.3 is 0 Å². The van der Waals surface area contributed by atoms with Gasteiger partial charge in [0.25, 0.3) is 0 Å². The van der Waals surface area contributed by atoms with Crippen LogP contribution in [-0.2, 0) is 0 Å². The molecule has 0 spiro atoms. The third-order valence-electron chi connectivity index (χ3n) is 5.84. The van der Waals surface area contributed by atoms with Gasteiger partial charge in [0, 0.05) is 6.04 Å². The summed E-state index contributed by atoms with van der Waals surface area (Å²) in [5.41, 5.74) is 7.14. The van der Waals surface area contributed by atoms with Gasteiger partial charge in [0.15, 0.2) is 0 Å². The van der Waals surface area contributed by atoms with E-state index in [4.69, 9.17) is 5.73 Å². The van der Waals surface area contributed by atoms with Crippen LogP contribution < -0.4 is 5.73 Å². The SMILES string of the molecule is CC1CCC(C(C)(C)CC(C)(C)C(C)C)CC1N. The molecule has 0 radical (unpaired) electrons. The van der Waals surface area contributed by atoms with Gasteiger partial charge in [0.2, 0.25) is 0 Å². The molecule has 1 fully saturated rings. The Morgan fingerprint density at radius 1 is 1.11 bits per heavy atom. The summed E-state index contributed by atoms with van der Waals surface area (Å²) in [7, 11) is 0. The summed E-state index contributed by atoms with van der Waals surface area (Å²) in [6.45, 7) is 16.8. The maximum Gasteiger partial charge on any atom is 0.00673 e. The van der Waals surface area contributed by atoms with Crippen molar-refractivity contribution in [2.24, 2.45) is 34.3 Å². The highest BCUT2D eigenvalue weighted by atomic mass is 14.7. The molecule has 0 bridgehead atoms. The van der Waals surface area contributed by atoms with E-state index in [1.807, 2.05) is 0 Å². The summed E-state index contributed by atoms with van der Waals surface area (Å²) in [6.07, 6.45) is 5.22. The largest absolute Gasteiger partial charge is 0.327 e. The van der Waals surface area contributed by atoms with Crippen molar-refractivity contribution in [3.63, 3.8) is 0 Å². The maximum absolute atomic E-state index is 6.29. The van der Waals surface area contributed by atoms with Crippen LogP contribution in [0.4, 0.5) is 0 Å². The predicted octanol–water partition coefficient (Wildman–Crippen LogP) is 4.85. The van der Waals surface area contributed by atoms with E-state index in [2.05, 4.69) is 48.5 Å². The summed E-state index contributed by atoms with van der Waals surface area (Å²) in [6, 6.07) is 0.421. The van der Waals surface area contributed by atoms with E-state index in [1.54, 1.807) is 0 Å². The van der Waals surface area contributed by atoms with Gasteiger partial charge in [-0.05, 0) is 54.3 Å². The highest BCUT2D eigenvalue weighted by Gasteiger charge is 2.39. The molecular weight excluding hydrogens is 218 g/mol. The van der Waals surface area contributed by atoms with Crippen molar-refractivity contribution in [3.8, 4) is 0 Å². The first-order valence-corrected chi connectivity index (χ1v) is 7.82. The topological polar surface area (TPSA) is 26.0 Å². The molecule has 1 saturated carbocycles. The van der Waals surface area contributed by atoms with Crippen LogP contribution >= 0.6 is 0 Å². The van der Waals surface area contributed by atoms with E-state index in [0.29, 0.717) is 16.9 Å². The first kappa shape index (κ1) is 16.0.